The molecular weight excluding hydrogens is 523 g/mol. The van der Waals surface area contributed by atoms with E-state index in [4.69, 9.17) is 9.73 Å². The molecule has 1 heterocycles. The molecule has 0 saturated carbocycles. The molecule has 1 N–H and O–H groups in total. The Hall–Kier alpha value is -1.20. The molecule has 1 aromatic heterocycles. The van der Waals surface area contributed by atoms with E-state index in [1.165, 1.54) is 5.56 Å². The monoisotopic (exact) mass is 550 g/mol. The molecule has 0 aliphatic heterocycles. The predicted octanol–water partition coefficient (Wildman–Crippen LogP) is 3.12. The minimum atomic E-state index is 0. The predicted molar refractivity (Wildman–Crippen MR) is 122 cm³/mol. The zero-order valence-electron chi connectivity index (χ0n) is 16.3. The molecule has 9 heteroatoms. The molecule has 0 bridgehead atoms. The van der Waals surface area contributed by atoms with E-state index < -0.39 is 0 Å². The maximum atomic E-state index is 5.12. The molecule has 27 heavy (non-hydrogen) atoms. The number of guanidine groups is 1. The van der Waals surface area contributed by atoms with Gasteiger partial charge in [0, 0.05) is 45.4 Å². The van der Waals surface area contributed by atoms with Crippen molar-refractivity contribution in [2.24, 2.45) is 12.0 Å². The van der Waals surface area contributed by atoms with Crippen molar-refractivity contribution in [1.82, 2.24) is 25.0 Å². The first-order valence-electron chi connectivity index (χ1n) is 8.59. The Morgan fingerprint density at radius 1 is 1.30 bits per heavy atom. The quantitative estimate of drug-likeness (QED) is 0.237. The highest BCUT2D eigenvalue weighted by atomic mass is 127. The van der Waals surface area contributed by atoms with Crippen LogP contribution in [0.25, 0.3) is 0 Å². The summed E-state index contributed by atoms with van der Waals surface area (Å²) in [5.41, 5.74) is 1.22. The number of methoxy groups -OCH3 is 1. The van der Waals surface area contributed by atoms with Crippen LogP contribution in [-0.2, 0) is 24.9 Å². The van der Waals surface area contributed by atoms with Crippen LogP contribution in [0.4, 0.5) is 0 Å². The van der Waals surface area contributed by atoms with Gasteiger partial charge in [0.2, 0.25) is 0 Å². The summed E-state index contributed by atoms with van der Waals surface area (Å²) < 4.78 is 8.16. The van der Waals surface area contributed by atoms with Crippen LogP contribution in [0, 0.1) is 6.92 Å². The summed E-state index contributed by atoms with van der Waals surface area (Å²) in [7, 11) is 5.70. The maximum Gasteiger partial charge on any atom is 0.194 e. The van der Waals surface area contributed by atoms with Crippen molar-refractivity contribution in [2.45, 2.75) is 26.4 Å². The molecule has 0 unspecified atom stereocenters. The van der Waals surface area contributed by atoms with Gasteiger partial charge in [-0.3, -0.25) is 0 Å². The fraction of sp³-hybridized carbons (Fsp3) is 0.500. The van der Waals surface area contributed by atoms with Crippen molar-refractivity contribution in [3.05, 3.63) is 46.0 Å². The Balaban J connectivity index is 0.00000364. The van der Waals surface area contributed by atoms with Gasteiger partial charge in [0.15, 0.2) is 11.8 Å². The molecule has 2 rings (SSSR count). The maximum absolute atomic E-state index is 5.12. The van der Waals surface area contributed by atoms with Crippen LogP contribution in [0.3, 0.4) is 0 Å². The fourth-order valence-corrected chi connectivity index (χ4v) is 2.67. The highest BCUT2D eigenvalue weighted by molar-refractivity contribution is 14.0. The van der Waals surface area contributed by atoms with Crippen LogP contribution in [0.2, 0.25) is 0 Å². The van der Waals surface area contributed by atoms with Crippen LogP contribution in [0.1, 0.15) is 23.6 Å². The van der Waals surface area contributed by atoms with Crippen molar-refractivity contribution in [3.8, 4) is 0 Å². The number of aromatic nitrogens is 3. The van der Waals surface area contributed by atoms with Gasteiger partial charge in [-0.1, -0.05) is 28.1 Å². The van der Waals surface area contributed by atoms with Crippen LogP contribution in [0.5, 0.6) is 0 Å². The van der Waals surface area contributed by atoms with E-state index in [1.807, 2.05) is 37.7 Å². The normalized spacial score (nSPS) is 11.2. The molecule has 2 aromatic rings. The Morgan fingerprint density at radius 3 is 2.59 bits per heavy atom. The summed E-state index contributed by atoms with van der Waals surface area (Å²) in [4.78, 5) is 6.85. The van der Waals surface area contributed by atoms with Crippen molar-refractivity contribution in [1.29, 1.82) is 0 Å². The number of hydrogen-bond donors (Lipinski definition) is 1. The number of benzene rings is 1. The summed E-state index contributed by atoms with van der Waals surface area (Å²) in [6.07, 6.45) is 0.921. The third-order valence-corrected chi connectivity index (χ3v) is 4.58. The Bertz CT molecular complexity index is 719. The van der Waals surface area contributed by atoms with E-state index in [9.17, 15) is 0 Å². The van der Waals surface area contributed by atoms with Crippen molar-refractivity contribution < 1.29 is 4.74 Å². The average Bonchev–Trinajstić information content (AvgIpc) is 2.95. The number of ether oxygens (including phenoxy) is 1. The third kappa shape index (κ3) is 7.74. The molecule has 1 aromatic carbocycles. The zero-order chi connectivity index (χ0) is 18.9. The van der Waals surface area contributed by atoms with Gasteiger partial charge in [-0.15, -0.1) is 34.2 Å². The van der Waals surface area contributed by atoms with Gasteiger partial charge in [-0.05, 0) is 31.0 Å². The first-order chi connectivity index (χ1) is 12.5. The van der Waals surface area contributed by atoms with Crippen molar-refractivity contribution in [3.63, 3.8) is 0 Å². The molecule has 0 aliphatic rings. The summed E-state index contributed by atoms with van der Waals surface area (Å²) in [5, 5.41) is 11.7. The van der Waals surface area contributed by atoms with Gasteiger partial charge < -0.3 is 19.5 Å². The molecule has 0 fully saturated rings. The van der Waals surface area contributed by atoms with Gasteiger partial charge in [0.05, 0.1) is 0 Å². The summed E-state index contributed by atoms with van der Waals surface area (Å²) in [6.45, 7) is 4.70. The Morgan fingerprint density at radius 2 is 2.00 bits per heavy atom. The molecule has 0 amide bonds. The standard InChI is InChI=1S/C18H27BrN6O.HI/c1-14-22-23-17(25(14)3)12-21-18(20-10-5-11-26-4)24(2)13-15-6-8-16(19)9-7-15;/h6-9H,5,10-13H2,1-4H3,(H,20,21);1H. The van der Waals surface area contributed by atoms with E-state index in [0.29, 0.717) is 6.54 Å². The van der Waals surface area contributed by atoms with E-state index >= 15 is 0 Å². The van der Waals surface area contributed by atoms with E-state index in [0.717, 1.165) is 48.2 Å². The Kier molecular flexibility index (Phi) is 10.9. The molecular formula is C18H28BrIN6O. The lowest BCUT2D eigenvalue weighted by Gasteiger charge is -2.22. The van der Waals surface area contributed by atoms with E-state index in [-0.39, 0.29) is 24.0 Å². The second kappa shape index (κ2) is 12.3. The number of halogens is 2. The summed E-state index contributed by atoms with van der Waals surface area (Å²) >= 11 is 3.47. The summed E-state index contributed by atoms with van der Waals surface area (Å²) in [5.74, 6) is 2.56. The van der Waals surface area contributed by atoms with E-state index in [2.05, 4.69) is 48.5 Å². The fourth-order valence-electron chi connectivity index (χ4n) is 2.40. The molecule has 0 saturated heterocycles. The minimum absolute atomic E-state index is 0. The molecule has 150 valence electrons. The van der Waals surface area contributed by atoms with Crippen LogP contribution < -0.4 is 5.32 Å². The van der Waals surface area contributed by atoms with Crippen molar-refractivity contribution >= 4 is 45.9 Å². The average molecular weight is 551 g/mol. The first kappa shape index (κ1) is 23.8. The lowest BCUT2D eigenvalue weighted by molar-refractivity contribution is 0.195. The lowest BCUT2D eigenvalue weighted by Crippen LogP contribution is -2.39. The number of nitrogens with one attached hydrogen (secondary N) is 1. The second-order valence-electron chi connectivity index (χ2n) is 6.12. The molecule has 0 spiro atoms. The number of hydrogen-bond acceptors (Lipinski definition) is 4. The topological polar surface area (TPSA) is 67.6 Å². The second-order valence-corrected chi connectivity index (χ2v) is 7.03. The van der Waals surface area contributed by atoms with Gasteiger partial charge in [-0.2, -0.15) is 0 Å². The highest BCUT2D eigenvalue weighted by Crippen LogP contribution is 2.12. The van der Waals surface area contributed by atoms with Gasteiger partial charge in [0.1, 0.15) is 12.4 Å². The number of nitrogens with zero attached hydrogens (tertiary/aromatic N) is 5. The number of rotatable bonds is 8. The lowest BCUT2D eigenvalue weighted by atomic mass is 10.2. The highest BCUT2D eigenvalue weighted by Gasteiger charge is 2.09. The Labute approximate surface area is 186 Å². The van der Waals surface area contributed by atoms with Gasteiger partial charge in [-0.25, -0.2) is 4.99 Å². The summed E-state index contributed by atoms with van der Waals surface area (Å²) in [6, 6.07) is 8.31. The smallest absolute Gasteiger partial charge is 0.194 e. The largest absolute Gasteiger partial charge is 0.385 e. The number of aryl methyl sites for hydroxylation is 1. The number of aliphatic imine (C=N–C) groups is 1. The van der Waals surface area contributed by atoms with Crippen molar-refractivity contribution in [2.75, 3.05) is 27.3 Å². The first-order valence-corrected chi connectivity index (χ1v) is 9.38. The van der Waals surface area contributed by atoms with Crippen LogP contribution in [-0.4, -0.2) is 52.9 Å². The van der Waals surface area contributed by atoms with E-state index in [1.54, 1.807) is 7.11 Å². The molecule has 0 radical (unpaired) electrons. The van der Waals surface area contributed by atoms with Crippen LogP contribution in [0.15, 0.2) is 33.7 Å². The van der Waals surface area contributed by atoms with Gasteiger partial charge in [0.25, 0.3) is 0 Å². The molecule has 0 aliphatic carbocycles. The SMILES string of the molecule is COCCCNC(=NCc1nnc(C)n1C)N(C)Cc1ccc(Br)cc1.I. The third-order valence-electron chi connectivity index (χ3n) is 4.06. The van der Waals surface area contributed by atoms with Gasteiger partial charge >= 0.3 is 0 Å². The minimum Gasteiger partial charge on any atom is -0.385 e. The molecule has 7 nitrogen and oxygen atoms in total. The van der Waals surface area contributed by atoms with Crippen LogP contribution >= 0.6 is 39.9 Å². The zero-order valence-corrected chi connectivity index (χ0v) is 20.2. The molecule has 0 atom stereocenters.